The van der Waals surface area contributed by atoms with Crippen molar-refractivity contribution in [3.05, 3.63) is 118 Å². The second-order valence-corrected chi connectivity index (χ2v) is 7.76. The number of carbonyl (C=O) groups excluding carboxylic acids is 1. The molecule has 3 aromatic carbocycles. The van der Waals surface area contributed by atoms with E-state index in [0.29, 0.717) is 17.7 Å². The number of hydrogen-bond acceptors (Lipinski definition) is 3. The molecule has 5 nitrogen and oxygen atoms in total. The van der Waals surface area contributed by atoms with Crippen LogP contribution in [0.3, 0.4) is 0 Å². The number of amides is 1. The fourth-order valence-electron chi connectivity index (χ4n) is 3.33. The van der Waals surface area contributed by atoms with Gasteiger partial charge in [-0.15, -0.1) is 5.10 Å². The van der Waals surface area contributed by atoms with Crippen LogP contribution in [-0.2, 0) is 19.7 Å². The molecule has 0 atom stereocenters. The lowest BCUT2D eigenvalue weighted by atomic mass is 10.1. The molecule has 7 heteroatoms. The zero-order chi connectivity index (χ0) is 23.2. The highest BCUT2D eigenvalue weighted by Crippen LogP contribution is 2.19. The SMILES string of the molecule is Cc1ccc(CNC(=O)c2cn(Cc3cccc(F)c3)nc2OCc2cccc(F)c2)cc1. The Hall–Kier alpha value is -4.00. The molecule has 0 spiro atoms. The molecule has 1 amide bonds. The van der Waals surface area contributed by atoms with Crippen LogP contribution >= 0.6 is 0 Å². The summed E-state index contributed by atoms with van der Waals surface area (Å²) in [4.78, 5) is 12.9. The van der Waals surface area contributed by atoms with Gasteiger partial charge in [0, 0.05) is 12.7 Å². The number of hydrogen-bond donors (Lipinski definition) is 1. The lowest BCUT2D eigenvalue weighted by Gasteiger charge is -2.07. The Balaban J connectivity index is 1.53. The first kappa shape index (κ1) is 22.2. The minimum absolute atomic E-state index is 0.0486. The summed E-state index contributed by atoms with van der Waals surface area (Å²) in [5, 5.41) is 7.25. The predicted molar refractivity (Wildman–Crippen MR) is 121 cm³/mol. The standard InChI is InChI=1S/C26H23F2N3O2/c1-18-8-10-19(11-9-18)14-29-25(32)24-16-31(15-20-4-2-6-22(27)12-20)30-26(24)33-17-21-5-3-7-23(28)13-21/h2-13,16H,14-15,17H2,1H3,(H,29,32). The van der Waals surface area contributed by atoms with Crippen LogP contribution < -0.4 is 10.1 Å². The van der Waals surface area contributed by atoms with Gasteiger partial charge in [-0.3, -0.25) is 9.48 Å². The lowest BCUT2D eigenvalue weighted by molar-refractivity contribution is 0.0946. The van der Waals surface area contributed by atoms with Crippen molar-refractivity contribution < 1.29 is 18.3 Å². The molecule has 0 saturated heterocycles. The average Bonchev–Trinajstić information content (AvgIpc) is 3.20. The number of ether oxygens (including phenoxy) is 1. The van der Waals surface area contributed by atoms with Gasteiger partial charge in [-0.05, 0) is 47.9 Å². The van der Waals surface area contributed by atoms with Gasteiger partial charge in [0.25, 0.3) is 5.91 Å². The third-order valence-electron chi connectivity index (χ3n) is 5.04. The molecule has 0 bridgehead atoms. The molecule has 0 saturated carbocycles. The molecule has 0 aliphatic heterocycles. The molecule has 0 aliphatic carbocycles. The smallest absolute Gasteiger partial charge is 0.258 e. The lowest BCUT2D eigenvalue weighted by Crippen LogP contribution is -2.23. The van der Waals surface area contributed by atoms with E-state index < -0.39 is 0 Å². The third kappa shape index (κ3) is 6.04. The Labute approximate surface area is 190 Å². The van der Waals surface area contributed by atoms with Gasteiger partial charge < -0.3 is 10.1 Å². The molecule has 1 heterocycles. The van der Waals surface area contributed by atoms with Crippen LogP contribution in [0.15, 0.2) is 79.0 Å². The van der Waals surface area contributed by atoms with Gasteiger partial charge in [0.2, 0.25) is 5.88 Å². The van der Waals surface area contributed by atoms with Crippen molar-refractivity contribution in [1.82, 2.24) is 15.1 Å². The summed E-state index contributed by atoms with van der Waals surface area (Å²) >= 11 is 0. The summed E-state index contributed by atoms with van der Waals surface area (Å²) < 4.78 is 34.4. The van der Waals surface area contributed by atoms with E-state index in [1.807, 2.05) is 31.2 Å². The van der Waals surface area contributed by atoms with E-state index in [0.717, 1.165) is 11.1 Å². The summed E-state index contributed by atoms with van der Waals surface area (Å²) in [5.74, 6) is -0.950. The number of rotatable bonds is 8. The Kier molecular flexibility index (Phi) is 6.78. The van der Waals surface area contributed by atoms with Crippen molar-refractivity contribution in [3.63, 3.8) is 0 Å². The van der Waals surface area contributed by atoms with Crippen LogP contribution in [0, 0.1) is 18.6 Å². The number of carbonyl (C=O) groups is 1. The second kappa shape index (κ2) is 10.1. The van der Waals surface area contributed by atoms with Crippen LogP contribution in [0.5, 0.6) is 5.88 Å². The molecule has 33 heavy (non-hydrogen) atoms. The van der Waals surface area contributed by atoms with Crippen LogP contribution in [-0.4, -0.2) is 15.7 Å². The van der Waals surface area contributed by atoms with Crippen LogP contribution in [0.2, 0.25) is 0 Å². The van der Waals surface area contributed by atoms with E-state index in [9.17, 15) is 13.6 Å². The quantitative estimate of drug-likeness (QED) is 0.412. The number of aromatic nitrogens is 2. The Morgan fingerprint density at radius 2 is 1.61 bits per heavy atom. The van der Waals surface area contributed by atoms with E-state index in [-0.39, 0.29) is 42.1 Å². The molecule has 0 radical (unpaired) electrons. The van der Waals surface area contributed by atoms with Gasteiger partial charge in [-0.1, -0.05) is 54.1 Å². The maximum absolute atomic E-state index is 13.6. The number of benzene rings is 3. The molecule has 0 unspecified atom stereocenters. The van der Waals surface area contributed by atoms with E-state index in [4.69, 9.17) is 4.74 Å². The molecule has 0 aliphatic rings. The molecule has 4 aromatic rings. The van der Waals surface area contributed by atoms with Gasteiger partial charge in [0.15, 0.2) is 0 Å². The van der Waals surface area contributed by atoms with Crippen LogP contribution in [0.1, 0.15) is 32.6 Å². The molecule has 1 aromatic heterocycles. The summed E-state index contributed by atoms with van der Waals surface area (Å²) in [6, 6.07) is 20.0. The van der Waals surface area contributed by atoms with Crippen LogP contribution in [0.25, 0.3) is 0 Å². The van der Waals surface area contributed by atoms with Gasteiger partial charge in [0.1, 0.15) is 23.8 Å². The van der Waals surface area contributed by atoms with E-state index >= 15 is 0 Å². The van der Waals surface area contributed by atoms with Crippen molar-refractivity contribution in [3.8, 4) is 5.88 Å². The largest absolute Gasteiger partial charge is 0.471 e. The maximum atomic E-state index is 13.6. The van der Waals surface area contributed by atoms with E-state index in [2.05, 4.69) is 10.4 Å². The zero-order valence-corrected chi connectivity index (χ0v) is 18.1. The molecule has 1 N–H and O–H groups in total. The Bertz CT molecular complexity index is 1250. The van der Waals surface area contributed by atoms with Gasteiger partial charge in [-0.2, -0.15) is 0 Å². The van der Waals surface area contributed by atoms with E-state index in [1.54, 1.807) is 30.5 Å². The van der Waals surface area contributed by atoms with Crippen molar-refractivity contribution in [2.24, 2.45) is 0 Å². The molecule has 4 rings (SSSR count). The Morgan fingerprint density at radius 1 is 0.939 bits per heavy atom. The van der Waals surface area contributed by atoms with E-state index in [1.165, 1.54) is 28.9 Å². The first-order chi connectivity index (χ1) is 16.0. The van der Waals surface area contributed by atoms with Crippen molar-refractivity contribution >= 4 is 5.91 Å². The third-order valence-corrected chi connectivity index (χ3v) is 5.04. The highest BCUT2D eigenvalue weighted by atomic mass is 19.1. The van der Waals surface area contributed by atoms with Crippen molar-refractivity contribution in [2.45, 2.75) is 26.6 Å². The molecule has 0 fully saturated rings. The number of nitrogens with one attached hydrogen (secondary N) is 1. The fraction of sp³-hybridized carbons (Fsp3) is 0.154. The topological polar surface area (TPSA) is 56.2 Å². The predicted octanol–water partition coefficient (Wildman–Crippen LogP) is 5.03. The minimum atomic E-state index is -0.371. The van der Waals surface area contributed by atoms with Gasteiger partial charge >= 0.3 is 0 Å². The number of halogens is 2. The zero-order valence-electron chi connectivity index (χ0n) is 18.1. The van der Waals surface area contributed by atoms with Gasteiger partial charge in [0.05, 0.1) is 6.54 Å². The first-order valence-corrected chi connectivity index (χ1v) is 10.5. The summed E-state index contributed by atoms with van der Waals surface area (Å²) in [5.41, 5.74) is 3.65. The highest BCUT2D eigenvalue weighted by Gasteiger charge is 2.18. The highest BCUT2D eigenvalue weighted by molar-refractivity contribution is 5.96. The second-order valence-electron chi connectivity index (χ2n) is 7.76. The number of aryl methyl sites for hydroxylation is 1. The molecule has 168 valence electrons. The fourth-order valence-corrected chi connectivity index (χ4v) is 3.33. The van der Waals surface area contributed by atoms with Crippen LogP contribution in [0.4, 0.5) is 8.78 Å². The van der Waals surface area contributed by atoms with Gasteiger partial charge in [-0.25, -0.2) is 8.78 Å². The molecular weight excluding hydrogens is 424 g/mol. The minimum Gasteiger partial charge on any atom is -0.471 e. The summed E-state index contributed by atoms with van der Waals surface area (Å²) in [7, 11) is 0. The van der Waals surface area contributed by atoms with Crippen molar-refractivity contribution in [1.29, 1.82) is 0 Å². The maximum Gasteiger partial charge on any atom is 0.258 e. The summed E-state index contributed by atoms with van der Waals surface area (Å²) in [6.07, 6.45) is 1.57. The first-order valence-electron chi connectivity index (χ1n) is 10.5. The molecular formula is C26H23F2N3O2. The Morgan fingerprint density at radius 3 is 2.30 bits per heavy atom. The van der Waals surface area contributed by atoms with Crippen molar-refractivity contribution in [2.75, 3.05) is 0 Å². The normalized spacial score (nSPS) is 10.8. The summed E-state index contributed by atoms with van der Waals surface area (Å²) in [6.45, 7) is 2.65. The average molecular weight is 447 g/mol. The number of nitrogens with zero attached hydrogens (tertiary/aromatic N) is 2. The monoisotopic (exact) mass is 447 g/mol.